The van der Waals surface area contributed by atoms with Crippen LogP contribution in [0.5, 0.6) is 0 Å². The largest absolute Gasteiger partial charge is 0.308 e. The lowest BCUT2D eigenvalue weighted by molar-refractivity contribution is -0.120. The van der Waals surface area contributed by atoms with Crippen LogP contribution in [0.15, 0.2) is 36.5 Å². The number of benzene rings is 1. The van der Waals surface area contributed by atoms with Gasteiger partial charge in [-0.25, -0.2) is 0 Å². The maximum Gasteiger partial charge on any atom is 0.235 e. The van der Waals surface area contributed by atoms with Gasteiger partial charge in [0, 0.05) is 24.3 Å². The summed E-state index contributed by atoms with van der Waals surface area (Å²) < 4.78 is 1.64. The quantitative estimate of drug-likeness (QED) is 0.937. The molecular formula is C14H16ClN3O. The molecule has 100 valence electrons. The lowest BCUT2D eigenvalue weighted by atomic mass is 9.84. The van der Waals surface area contributed by atoms with E-state index in [9.17, 15) is 4.79 Å². The van der Waals surface area contributed by atoms with E-state index in [4.69, 9.17) is 11.6 Å². The maximum absolute atomic E-state index is 12.3. The number of anilines is 1. The molecule has 19 heavy (non-hydrogen) atoms. The van der Waals surface area contributed by atoms with Crippen LogP contribution in [0.2, 0.25) is 5.02 Å². The Morgan fingerprint density at radius 1 is 1.26 bits per heavy atom. The van der Waals surface area contributed by atoms with E-state index in [2.05, 4.69) is 10.4 Å². The fraction of sp³-hybridized carbons (Fsp3) is 0.286. The number of rotatable bonds is 3. The van der Waals surface area contributed by atoms with Crippen molar-refractivity contribution in [1.82, 2.24) is 9.78 Å². The predicted octanol–water partition coefficient (Wildman–Crippen LogP) is 2.99. The number of carbonyl (C=O) groups is 1. The minimum Gasteiger partial charge on any atom is -0.308 e. The molecule has 0 aliphatic rings. The molecule has 0 bridgehead atoms. The normalized spacial score (nSPS) is 11.4. The third kappa shape index (κ3) is 2.96. The van der Waals surface area contributed by atoms with Crippen LogP contribution in [0.25, 0.3) is 0 Å². The molecule has 1 N–H and O–H groups in total. The smallest absolute Gasteiger partial charge is 0.235 e. The summed E-state index contributed by atoms with van der Waals surface area (Å²) >= 11 is 5.86. The molecule has 1 amide bonds. The number of nitrogens with one attached hydrogen (secondary N) is 1. The van der Waals surface area contributed by atoms with Gasteiger partial charge in [0.1, 0.15) is 0 Å². The Morgan fingerprint density at radius 3 is 2.42 bits per heavy atom. The molecule has 4 nitrogen and oxygen atoms in total. The third-order valence-electron chi connectivity index (χ3n) is 3.09. The summed E-state index contributed by atoms with van der Waals surface area (Å²) in [6, 6.07) is 9.05. The van der Waals surface area contributed by atoms with Gasteiger partial charge in [0.05, 0.1) is 5.41 Å². The van der Waals surface area contributed by atoms with Gasteiger partial charge in [0.2, 0.25) is 5.91 Å². The first-order valence-electron chi connectivity index (χ1n) is 5.97. The van der Waals surface area contributed by atoms with Crippen molar-refractivity contribution in [3.63, 3.8) is 0 Å². The van der Waals surface area contributed by atoms with Crippen LogP contribution in [0, 0.1) is 0 Å². The summed E-state index contributed by atoms with van der Waals surface area (Å²) in [7, 11) is 1.81. The zero-order chi connectivity index (χ0) is 14.0. The Kier molecular flexibility index (Phi) is 3.62. The number of nitrogens with zero attached hydrogens (tertiary/aromatic N) is 2. The van der Waals surface area contributed by atoms with Crippen molar-refractivity contribution in [3.8, 4) is 0 Å². The number of aryl methyl sites for hydroxylation is 1. The second-order valence-electron chi connectivity index (χ2n) is 4.96. The van der Waals surface area contributed by atoms with Gasteiger partial charge in [-0.1, -0.05) is 23.7 Å². The van der Waals surface area contributed by atoms with Crippen LogP contribution in [0.4, 0.5) is 5.82 Å². The number of carbonyl (C=O) groups excluding carboxylic acids is 1. The average molecular weight is 278 g/mol. The van der Waals surface area contributed by atoms with Gasteiger partial charge in [-0.05, 0) is 31.5 Å². The topological polar surface area (TPSA) is 46.9 Å². The molecular weight excluding hydrogens is 262 g/mol. The van der Waals surface area contributed by atoms with Gasteiger partial charge in [0.15, 0.2) is 5.82 Å². The highest BCUT2D eigenvalue weighted by atomic mass is 35.5. The van der Waals surface area contributed by atoms with Gasteiger partial charge < -0.3 is 5.32 Å². The molecule has 0 saturated heterocycles. The molecule has 2 rings (SSSR count). The van der Waals surface area contributed by atoms with Crippen molar-refractivity contribution in [2.75, 3.05) is 5.32 Å². The summed E-state index contributed by atoms with van der Waals surface area (Å²) in [5.74, 6) is 0.447. The molecule has 1 aromatic heterocycles. The molecule has 1 heterocycles. The number of hydrogen-bond acceptors (Lipinski definition) is 2. The Bertz CT molecular complexity index is 587. The van der Waals surface area contributed by atoms with E-state index >= 15 is 0 Å². The first-order chi connectivity index (χ1) is 8.89. The van der Waals surface area contributed by atoms with Crippen LogP contribution >= 0.6 is 11.6 Å². The Morgan fingerprint density at radius 2 is 1.89 bits per heavy atom. The predicted molar refractivity (Wildman–Crippen MR) is 76.3 cm³/mol. The van der Waals surface area contributed by atoms with E-state index in [0.29, 0.717) is 10.8 Å². The molecule has 0 atom stereocenters. The molecule has 1 aromatic carbocycles. The van der Waals surface area contributed by atoms with Crippen molar-refractivity contribution in [2.24, 2.45) is 7.05 Å². The Hall–Kier alpha value is -1.81. The molecule has 0 spiro atoms. The zero-order valence-electron chi connectivity index (χ0n) is 11.1. The Labute approximate surface area is 117 Å². The van der Waals surface area contributed by atoms with Crippen LogP contribution in [-0.4, -0.2) is 15.7 Å². The number of aromatic nitrogens is 2. The number of hydrogen-bond donors (Lipinski definition) is 1. The van der Waals surface area contributed by atoms with Crippen molar-refractivity contribution in [3.05, 3.63) is 47.1 Å². The van der Waals surface area contributed by atoms with E-state index in [1.54, 1.807) is 36.1 Å². The zero-order valence-corrected chi connectivity index (χ0v) is 11.9. The fourth-order valence-corrected chi connectivity index (χ4v) is 1.88. The second-order valence-corrected chi connectivity index (χ2v) is 5.40. The van der Waals surface area contributed by atoms with Crippen molar-refractivity contribution < 1.29 is 4.79 Å². The van der Waals surface area contributed by atoms with Gasteiger partial charge >= 0.3 is 0 Å². The monoisotopic (exact) mass is 277 g/mol. The summed E-state index contributed by atoms with van der Waals surface area (Å²) in [5, 5.41) is 7.60. The van der Waals surface area contributed by atoms with Gasteiger partial charge in [0.25, 0.3) is 0 Å². The minimum absolute atomic E-state index is 0.103. The van der Waals surface area contributed by atoms with E-state index < -0.39 is 5.41 Å². The van der Waals surface area contributed by atoms with Gasteiger partial charge in [-0.3, -0.25) is 9.48 Å². The first-order valence-corrected chi connectivity index (χ1v) is 6.34. The van der Waals surface area contributed by atoms with Gasteiger partial charge in [-0.15, -0.1) is 0 Å². The highest BCUT2D eigenvalue weighted by Gasteiger charge is 2.30. The molecule has 0 saturated carbocycles. The minimum atomic E-state index is -0.651. The molecule has 0 aliphatic carbocycles. The SMILES string of the molecule is Cn1ccc(NC(=O)C(C)(C)c2ccc(Cl)cc2)n1. The third-order valence-corrected chi connectivity index (χ3v) is 3.34. The summed E-state index contributed by atoms with van der Waals surface area (Å²) in [6.45, 7) is 3.74. The van der Waals surface area contributed by atoms with E-state index in [1.165, 1.54) is 0 Å². The number of amides is 1. The molecule has 2 aromatic rings. The van der Waals surface area contributed by atoms with Crippen LogP contribution in [0.1, 0.15) is 19.4 Å². The molecule has 0 radical (unpaired) electrons. The molecule has 0 fully saturated rings. The van der Waals surface area contributed by atoms with E-state index in [1.807, 2.05) is 26.0 Å². The standard InChI is InChI=1S/C14H16ClN3O/c1-14(2,10-4-6-11(15)7-5-10)13(19)16-12-8-9-18(3)17-12/h4-9H,1-3H3,(H,16,17,19). The van der Waals surface area contributed by atoms with Crippen LogP contribution in [-0.2, 0) is 17.3 Å². The number of halogens is 1. The first kappa shape index (κ1) is 13.6. The fourth-order valence-electron chi connectivity index (χ4n) is 1.75. The highest BCUT2D eigenvalue weighted by molar-refractivity contribution is 6.30. The van der Waals surface area contributed by atoms with Crippen molar-refractivity contribution in [2.45, 2.75) is 19.3 Å². The summed E-state index contributed by atoms with van der Waals surface area (Å²) in [5.41, 5.74) is 0.257. The molecule has 0 unspecified atom stereocenters. The van der Waals surface area contributed by atoms with E-state index in [-0.39, 0.29) is 5.91 Å². The molecule has 5 heteroatoms. The summed E-state index contributed by atoms with van der Waals surface area (Å²) in [6.07, 6.45) is 1.78. The van der Waals surface area contributed by atoms with Crippen molar-refractivity contribution >= 4 is 23.3 Å². The Balaban J connectivity index is 2.19. The second kappa shape index (κ2) is 5.05. The van der Waals surface area contributed by atoms with Crippen molar-refractivity contribution in [1.29, 1.82) is 0 Å². The lowest BCUT2D eigenvalue weighted by Gasteiger charge is -2.23. The average Bonchev–Trinajstić information content (AvgIpc) is 2.75. The molecule has 0 aliphatic heterocycles. The van der Waals surface area contributed by atoms with E-state index in [0.717, 1.165) is 5.56 Å². The highest BCUT2D eigenvalue weighted by Crippen LogP contribution is 2.26. The van der Waals surface area contributed by atoms with Crippen LogP contribution < -0.4 is 5.32 Å². The summed E-state index contributed by atoms with van der Waals surface area (Å²) in [4.78, 5) is 12.3. The van der Waals surface area contributed by atoms with Crippen LogP contribution in [0.3, 0.4) is 0 Å². The maximum atomic E-state index is 12.3. The van der Waals surface area contributed by atoms with Gasteiger partial charge in [-0.2, -0.15) is 5.10 Å². The lowest BCUT2D eigenvalue weighted by Crippen LogP contribution is -2.34.